The molecule has 0 radical (unpaired) electrons. The highest BCUT2D eigenvalue weighted by Gasteiger charge is 2.20. The molecule has 0 saturated heterocycles. The third-order valence-electron chi connectivity index (χ3n) is 4.24. The number of carbonyl (C=O) groups excluding carboxylic acids is 1. The molecule has 2 aliphatic heterocycles. The van der Waals surface area contributed by atoms with Gasteiger partial charge in [-0.1, -0.05) is 11.6 Å². The number of fused-ring (bicyclic) bond motifs is 2. The van der Waals surface area contributed by atoms with Crippen molar-refractivity contribution >= 4 is 34.4 Å². The zero-order valence-electron chi connectivity index (χ0n) is 14.2. The SMILES string of the molecule is O=C(NCc1cc(Cl)cc2cc(C(=O)O)c(=O)[nH]c12)C1=CC2=CNON2C=C1. The highest BCUT2D eigenvalue weighted by molar-refractivity contribution is 6.31. The lowest BCUT2D eigenvalue weighted by Gasteiger charge is -2.17. The van der Waals surface area contributed by atoms with Gasteiger partial charge in [0.1, 0.15) is 5.56 Å². The molecular weight excluding hydrogens is 388 g/mol. The zero-order valence-corrected chi connectivity index (χ0v) is 14.9. The molecule has 0 atom stereocenters. The van der Waals surface area contributed by atoms with Gasteiger partial charge in [-0.25, -0.2) is 15.3 Å². The number of benzene rings is 1. The Hall–Kier alpha value is -3.56. The van der Waals surface area contributed by atoms with Gasteiger partial charge in [0.25, 0.3) is 11.5 Å². The first kappa shape index (κ1) is 17.8. The molecule has 10 heteroatoms. The molecule has 0 fully saturated rings. The topological polar surface area (TPSA) is 124 Å². The first-order chi connectivity index (χ1) is 13.4. The second-order valence-corrected chi connectivity index (χ2v) is 6.49. The Morgan fingerprint density at radius 1 is 1.29 bits per heavy atom. The highest BCUT2D eigenvalue weighted by Crippen LogP contribution is 2.23. The molecule has 1 aromatic carbocycles. The number of rotatable bonds is 4. The van der Waals surface area contributed by atoms with Crippen LogP contribution in [0.15, 0.2) is 58.8 Å². The van der Waals surface area contributed by atoms with Crippen LogP contribution in [0.2, 0.25) is 5.02 Å². The zero-order chi connectivity index (χ0) is 19.8. The predicted octanol–water partition coefficient (Wildman–Crippen LogP) is 1.54. The third kappa shape index (κ3) is 3.24. The van der Waals surface area contributed by atoms with Gasteiger partial charge in [-0.2, -0.15) is 4.94 Å². The van der Waals surface area contributed by atoms with Crippen molar-refractivity contribution in [1.82, 2.24) is 20.8 Å². The maximum atomic E-state index is 12.5. The Bertz CT molecular complexity index is 1160. The van der Waals surface area contributed by atoms with E-state index in [-0.39, 0.29) is 18.0 Å². The average Bonchev–Trinajstić information content (AvgIpc) is 3.13. The van der Waals surface area contributed by atoms with E-state index in [9.17, 15) is 14.4 Å². The number of aromatic carboxylic acids is 1. The normalized spacial score (nSPS) is 15.0. The molecule has 4 rings (SSSR count). The summed E-state index contributed by atoms with van der Waals surface area (Å²) in [7, 11) is 0. The van der Waals surface area contributed by atoms with Crippen molar-refractivity contribution in [1.29, 1.82) is 0 Å². The lowest BCUT2D eigenvalue weighted by Crippen LogP contribution is -2.26. The number of carboxylic acids is 1. The Labute approximate surface area is 162 Å². The summed E-state index contributed by atoms with van der Waals surface area (Å²) in [5, 5.41) is 14.1. The largest absolute Gasteiger partial charge is 0.477 e. The molecule has 0 saturated carbocycles. The molecule has 0 aliphatic carbocycles. The van der Waals surface area contributed by atoms with Crippen molar-refractivity contribution < 1.29 is 19.6 Å². The number of aromatic nitrogens is 1. The molecule has 4 N–H and O–H groups in total. The predicted molar refractivity (Wildman–Crippen MR) is 99.8 cm³/mol. The maximum absolute atomic E-state index is 12.5. The van der Waals surface area contributed by atoms with Crippen molar-refractivity contribution in [2.24, 2.45) is 0 Å². The summed E-state index contributed by atoms with van der Waals surface area (Å²) in [5.74, 6) is -1.66. The lowest BCUT2D eigenvalue weighted by molar-refractivity contribution is -0.118. The van der Waals surface area contributed by atoms with Crippen LogP contribution in [0.3, 0.4) is 0 Å². The van der Waals surface area contributed by atoms with Crippen LogP contribution in [0.1, 0.15) is 15.9 Å². The van der Waals surface area contributed by atoms with E-state index in [0.717, 1.165) is 0 Å². The number of hydrogen-bond donors (Lipinski definition) is 4. The molecule has 9 nitrogen and oxygen atoms in total. The molecule has 142 valence electrons. The monoisotopic (exact) mass is 400 g/mol. The number of allylic oxidation sites excluding steroid dienone is 1. The minimum atomic E-state index is -1.33. The number of nitrogens with zero attached hydrogens (tertiary/aromatic N) is 1. The number of aromatic amines is 1. The molecule has 2 aromatic rings. The number of amides is 1. The van der Waals surface area contributed by atoms with Gasteiger partial charge in [0.2, 0.25) is 0 Å². The molecule has 2 aliphatic rings. The number of H-pyrrole nitrogens is 1. The summed E-state index contributed by atoms with van der Waals surface area (Å²) >= 11 is 6.11. The second kappa shape index (κ2) is 6.87. The van der Waals surface area contributed by atoms with Crippen LogP contribution in [0.25, 0.3) is 10.9 Å². The second-order valence-electron chi connectivity index (χ2n) is 6.05. The molecule has 0 bridgehead atoms. The van der Waals surface area contributed by atoms with Crippen molar-refractivity contribution in [2.45, 2.75) is 6.54 Å². The van der Waals surface area contributed by atoms with Crippen molar-refractivity contribution in [2.75, 3.05) is 0 Å². The van der Waals surface area contributed by atoms with Gasteiger partial charge in [-0.15, -0.1) is 0 Å². The van der Waals surface area contributed by atoms with Crippen LogP contribution in [0, 0.1) is 0 Å². The van der Waals surface area contributed by atoms with Crippen LogP contribution in [-0.4, -0.2) is 27.0 Å². The Kier molecular flexibility index (Phi) is 4.38. The van der Waals surface area contributed by atoms with Gasteiger partial charge < -0.3 is 15.4 Å². The van der Waals surface area contributed by atoms with E-state index in [4.69, 9.17) is 21.6 Å². The molecular formula is C18H13ClN4O5. The Morgan fingerprint density at radius 3 is 2.89 bits per heavy atom. The van der Waals surface area contributed by atoms with Gasteiger partial charge in [-0.05, 0) is 35.9 Å². The van der Waals surface area contributed by atoms with E-state index in [1.807, 2.05) is 0 Å². The van der Waals surface area contributed by atoms with E-state index >= 15 is 0 Å². The van der Waals surface area contributed by atoms with Crippen LogP contribution in [0.5, 0.6) is 0 Å². The van der Waals surface area contributed by atoms with E-state index in [0.29, 0.717) is 32.8 Å². The van der Waals surface area contributed by atoms with Gasteiger partial charge in [0.05, 0.1) is 17.4 Å². The maximum Gasteiger partial charge on any atom is 0.341 e. The van der Waals surface area contributed by atoms with Crippen LogP contribution in [-0.2, 0) is 16.3 Å². The van der Waals surface area contributed by atoms with Crippen molar-refractivity contribution in [3.63, 3.8) is 0 Å². The fraction of sp³-hybridized carbons (Fsp3) is 0.0556. The number of hydrogen-bond acceptors (Lipinski definition) is 6. The summed E-state index contributed by atoms with van der Waals surface area (Å²) in [5.41, 5.74) is 3.52. The Morgan fingerprint density at radius 2 is 2.11 bits per heavy atom. The van der Waals surface area contributed by atoms with Crippen LogP contribution < -0.4 is 16.4 Å². The van der Waals surface area contributed by atoms with Crippen LogP contribution in [0.4, 0.5) is 0 Å². The van der Waals surface area contributed by atoms with E-state index < -0.39 is 11.5 Å². The molecule has 1 amide bonds. The van der Waals surface area contributed by atoms with Gasteiger partial charge in [0.15, 0.2) is 0 Å². The molecule has 0 spiro atoms. The minimum Gasteiger partial charge on any atom is -0.477 e. The molecule has 28 heavy (non-hydrogen) atoms. The van der Waals surface area contributed by atoms with Gasteiger partial charge in [0, 0.05) is 28.7 Å². The number of hydroxylamine groups is 3. The van der Waals surface area contributed by atoms with Crippen molar-refractivity contribution in [3.05, 3.63) is 80.5 Å². The standard InChI is InChI=1S/C18H13ClN4O5/c19-12-3-10-6-14(18(26)27)17(25)22-15(10)11(4-12)7-20-16(24)9-1-2-23-13(5-9)8-21-28-23/h1-6,8,21H,7H2,(H,20,24)(H,22,25)(H,26,27). The number of carbonyl (C=O) groups is 2. The smallest absolute Gasteiger partial charge is 0.341 e. The van der Waals surface area contributed by atoms with E-state index in [1.165, 1.54) is 11.1 Å². The summed E-state index contributed by atoms with van der Waals surface area (Å²) in [4.78, 5) is 43.2. The van der Waals surface area contributed by atoms with Gasteiger partial charge in [-0.3, -0.25) is 9.59 Å². The quantitative estimate of drug-likeness (QED) is 0.613. The van der Waals surface area contributed by atoms with Crippen LogP contribution >= 0.6 is 11.6 Å². The lowest BCUT2D eigenvalue weighted by atomic mass is 10.1. The summed E-state index contributed by atoms with van der Waals surface area (Å²) < 4.78 is 0. The first-order valence-corrected chi connectivity index (χ1v) is 8.49. The van der Waals surface area contributed by atoms with Gasteiger partial charge >= 0.3 is 5.97 Å². The molecule has 0 unspecified atom stereocenters. The van der Waals surface area contributed by atoms with Crippen molar-refractivity contribution in [3.8, 4) is 0 Å². The Balaban J connectivity index is 1.60. The average molecular weight is 401 g/mol. The number of carboxylic acid groups (broad SMARTS) is 1. The number of halogens is 1. The number of pyridine rings is 1. The first-order valence-electron chi connectivity index (χ1n) is 8.11. The minimum absolute atomic E-state index is 0.0843. The number of nitrogens with one attached hydrogen (secondary N) is 3. The highest BCUT2D eigenvalue weighted by atomic mass is 35.5. The fourth-order valence-corrected chi connectivity index (χ4v) is 3.16. The third-order valence-corrected chi connectivity index (χ3v) is 4.45. The molecule has 1 aromatic heterocycles. The van der Waals surface area contributed by atoms with E-state index in [2.05, 4.69) is 15.8 Å². The summed E-state index contributed by atoms with van der Waals surface area (Å²) in [6.07, 6.45) is 6.44. The summed E-state index contributed by atoms with van der Waals surface area (Å²) in [6.45, 7) is 0.0843. The fourth-order valence-electron chi connectivity index (χ4n) is 2.91. The van der Waals surface area contributed by atoms with E-state index in [1.54, 1.807) is 36.7 Å². The summed E-state index contributed by atoms with van der Waals surface area (Å²) in [6, 6.07) is 4.41. The molecule has 3 heterocycles.